The molecule has 0 aromatic heterocycles. The van der Waals surface area contributed by atoms with Crippen molar-refractivity contribution in [2.75, 3.05) is 41.7 Å². The van der Waals surface area contributed by atoms with Crippen LogP contribution in [0.4, 0.5) is 0 Å². The third-order valence-electron chi connectivity index (χ3n) is 5.49. The summed E-state index contributed by atoms with van der Waals surface area (Å²) in [5.41, 5.74) is 4.22. The number of aryl methyl sites for hydroxylation is 2. The fourth-order valence-corrected chi connectivity index (χ4v) is 3.97. The monoisotopic (exact) mass is 386 g/mol. The highest BCUT2D eigenvalue weighted by Crippen LogP contribution is 2.40. The minimum Gasteiger partial charge on any atom is -0.385 e. The Morgan fingerprint density at radius 3 is 1.57 bits per heavy atom. The molecule has 2 rings (SSSR count). The van der Waals surface area contributed by atoms with E-state index in [0.29, 0.717) is 13.2 Å². The summed E-state index contributed by atoms with van der Waals surface area (Å²) in [5, 5.41) is 0. The van der Waals surface area contributed by atoms with Gasteiger partial charge in [-0.15, -0.1) is 0 Å². The largest absolute Gasteiger partial charge is 0.385 e. The first-order valence-electron chi connectivity index (χ1n) is 9.71. The Hall–Kier alpha value is -1.72. The van der Waals surface area contributed by atoms with E-state index in [1.807, 2.05) is 0 Å². The summed E-state index contributed by atoms with van der Waals surface area (Å²) in [6.45, 7) is 5.27. The Kier molecular flexibility index (Phi) is 8.64. The molecule has 0 aliphatic carbocycles. The topological polar surface area (TPSA) is 36.9 Å². The molecule has 2 aromatic rings. The van der Waals surface area contributed by atoms with Crippen molar-refractivity contribution in [2.45, 2.75) is 37.9 Å². The van der Waals surface area contributed by atoms with E-state index in [9.17, 15) is 0 Å². The lowest BCUT2D eigenvalue weighted by atomic mass is 9.68. The maximum Gasteiger partial charge on any atom is 0.0992 e. The van der Waals surface area contributed by atoms with Gasteiger partial charge >= 0.3 is 0 Å². The van der Waals surface area contributed by atoms with Crippen molar-refractivity contribution in [1.82, 2.24) is 0 Å². The molecular formula is C24H34O4. The first-order valence-corrected chi connectivity index (χ1v) is 9.71. The molecule has 0 radical (unpaired) electrons. The molecule has 154 valence electrons. The molecule has 0 heterocycles. The van der Waals surface area contributed by atoms with Crippen LogP contribution in [-0.4, -0.2) is 53.9 Å². The SMILES string of the molecule is COCCC(OC)C(OC)C(COC)(c1ccc(C)cc1)c1ccc(C)cc1. The zero-order chi connectivity index (χ0) is 20.6. The summed E-state index contributed by atoms with van der Waals surface area (Å²) < 4.78 is 23.1. The highest BCUT2D eigenvalue weighted by atomic mass is 16.5. The summed E-state index contributed by atoms with van der Waals surface area (Å²) in [7, 11) is 6.92. The standard InChI is InChI=1S/C24H34O4/c1-18-7-11-20(12-8-18)24(17-26-4,21-13-9-19(2)10-14-21)23(28-6)22(27-5)15-16-25-3/h7-14,22-23H,15-17H2,1-6H3. The van der Waals surface area contributed by atoms with E-state index in [1.165, 1.54) is 11.1 Å². The first-order chi connectivity index (χ1) is 13.5. The van der Waals surface area contributed by atoms with Gasteiger partial charge < -0.3 is 18.9 Å². The molecule has 0 bridgehead atoms. The molecule has 0 N–H and O–H groups in total. The smallest absolute Gasteiger partial charge is 0.0992 e. The molecule has 0 aliphatic heterocycles. The second-order valence-corrected chi connectivity index (χ2v) is 7.35. The number of ether oxygens (including phenoxy) is 4. The lowest BCUT2D eigenvalue weighted by Gasteiger charge is -2.43. The average molecular weight is 387 g/mol. The molecule has 4 heteroatoms. The van der Waals surface area contributed by atoms with Crippen molar-refractivity contribution >= 4 is 0 Å². The van der Waals surface area contributed by atoms with Gasteiger partial charge in [-0.1, -0.05) is 59.7 Å². The lowest BCUT2D eigenvalue weighted by molar-refractivity contribution is -0.0896. The van der Waals surface area contributed by atoms with Crippen molar-refractivity contribution in [3.05, 3.63) is 70.8 Å². The zero-order valence-electron chi connectivity index (χ0n) is 18.0. The average Bonchev–Trinajstić information content (AvgIpc) is 2.71. The molecule has 0 fully saturated rings. The molecule has 2 aromatic carbocycles. The molecule has 0 amide bonds. The summed E-state index contributed by atoms with van der Waals surface area (Å²) in [5.74, 6) is 0. The number of methoxy groups -OCH3 is 4. The van der Waals surface area contributed by atoms with E-state index in [1.54, 1.807) is 28.4 Å². The van der Waals surface area contributed by atoms with E-state index in [-0.39, 0.29) is 12.2 Å². The third kappa shape index (κ3) is 4.81. The van der Waals surface area contributed by atoms with Gasteiger partial charge in [-0.25, -0.2) is 0 Å². The van der Waals surface area contributed by atoms with Crippen LogP contribution in [0.1, 0.15) is 28.7 Å². The van der Waals surface area contributed by atoms with Crippen molar-refractivity contribution in [1.29, 1.82) is 0 Å². The van der Waals surface area contributed by atoms with E-state index < -0.39 is 5.41 Å². The Morgan fingerprint density at radius 2 is 1.21 bits per heavy atom. The van der Waals surface area contributed by atoms with E-state index >= 15 is 0 Å². The van der Waals surface area contributed by atoms with Gasteiger partial charge in [-0.3, -0.25) is 0 Å². The van der Waals surface area contributed by atoms with Crippen LogP contribution in [-0.2, 0) is 24.4 Å². The third-order valence-corrected chi connectivity index (χ3v) is 5.49. The molecule has 0 saturated carbocycles. The van der Waals surface area contributed by atoms with Crippen molar-refractivity contribution in [2.24, 2.45) is 0 Å². The van der Waals surface area contributed by atoms with Crippen LogP contribution >= 0.6 is 0 Å². The number of hydrogen-bond acceptors (Lipinski definition) is 4. The van der Waals surface area contributed by atoms with Crippen LogP contribution in [0.2, 0.25) is 0 Å². The van der Waals surface area contributed by atoms with E-state index in [4.69, 9.17) is 18.9 Å². The van der Waals surface area contributed by atoms with Crippen LogP contribution in [0.15, 0.2) is 48.5 Å². The molecule has 28 heavy (non-hydrogen) atoms. The van der Waals surface area contributed by atoms with Crippen molar-refractivity contribution in [3.63, 3.8) is 0 Å². The zero-order valence-corrected chi connectivity index (χ0v) is 18.0. The second-order valence-electron chi connectivity index (χ2n) is 7.35. The molecule has 0 saturated heterocycles. The van der Waals surface area contributed by atoms with Crippen LogP contribution in [0, 0.1) is 13.8 Å². The Bertz CT molecular complexity index is 648. The number of hydrogen-bond donors (Lipinski definition) is 0. The maximum atomic E-state index is 6.13. The van der Waals surface area contributed by atoms with Gasteiger partial charge in [0, 0.05) is 35.0 Å². The van der Waals surface area contributed by atoms with Gasteiger partial charge in [0.2, 0.25) is 0 Å². The number of rotatable bonds is 11. The Balaban J connectivity index is 2.69. The van der Waals surface area contributed by atoms with Gasteiger partial charge in [0.05, 0.1) is 24.2 Å². The minimum atomic E-state index is -0.515. The highest BCUT2D eigenvalue weighted by Gasteiger charge is 2.46. The molecule has 2 atom stereocenters. The van der Waals surface area contributed by atoms with Gasteiger partial charge in [0.25, 0.3) is 0 Å². The van der Waals surface area contributed by atoms with Crippen LogP contribution in [0.5, 0.6) is 0 Å². The number of benzene rings is 2. The Morgan fingerprint density at radius 1 is 0.714 bits per heavy atom. The molecule has 0 spiro atoms. The van der Waals surface area contributed by atoms with Crippen LogP contribution in [0.3, 0.4) is 0 Å². The molecule has 0 aliphatic rings. The second kappa shape index (κ2) is 10.7. The van der Waals surface area contributed by atoms with Gasteiger partial charge in [-0.2, -0.15) is 0 Å². The van der Waals surface area contributed by atoms with Gasteiger partial charge in [-0.05, 0) is 31.4 Å². The molecule has 4 nitrogen and oxygen atoms in total. The van der Waals surface area contributed by atoms with E-state index in [2.05, 4.69) is 62.4 Å². The quantitative estimate of drug-likeness (QED) is 0.577. The predicted octanol–water partition coefficient (Wildman–Crippen LogP) is 4.30. The van der Waals surface area contributed by atoms with E-state index in [0.717, 1.165) is 17.5 Å². The lowest BCUT2D eigenvalue weighted by Crippen LogP contribution is -2.52. The highest BCUT2D eigenvalue weighted by molar-refractivity contribution is 5.44. The first kappa shape index (κ1) is 22.6. The summed E-state index contributed by atoms with van der Waals surface area (Å²) in [6, 6.07) is 17.2. The molecule has 2 unspecified atom stereocenters. The van der Waals surface area contributed by atoms with Gasteiger partial charge in [0.15, 0.2) is 0 Å². The Labute approximate surface area is 169 Å². The summed E-state index contributed by atoms with van der Waals surface area (Å²) in [4.78, 5) is 0. The summed E-state index contributed by atoms with van der Waals surface area (Å²) >= 11 is 0. The van der Waals surface area contributed by atoms with Crippen molar-refractivity contribution in [3.8, 4) is 0 Å². The summed E-state index contributed by atoms with van der Waals surface area (Å²) in [6.07, 6.45) is 0.329. The normalized spacial score (nSPS) is 14.1. The van der Waals surface area contributed by atoms with Gasteiger partial charge in [0.1, 0.15) is 0 Å². The van der Waals surface area contributed by atoms with Crippen LogP contribution < -0.4 is 0 Å². The molecular weight excluding hydrogens is 352 g/mol. The fraction of sp³-hybridized carbons (Fsp3) is 0.500. The van der Waals surface area contributed by atoms with Crippen molar-refractivity contribution < 1.29 is 18.9 Å². The predicted molar refractivity (Wildman–Crippen MR) is 113 cm³/mol. The minimum absolute atomic E-state index is 0.150. The maximum absolute atomic E-state index is 6.13. The van der Waals surface area contributed by atoms with Crippen LogP contribution in [0.25, 0.3) is 0 Å². The fourth-order valence-electron chi connectivity index (χ4n) is 3.97.